The summed E-state index contributed by atoms with van der Waals surface area (Å²) in [6.45, 7) is 7.07. The average Bonchev–Trinajstić information content (AvgIpc) is 2.28. The molecular weight excluding hydrogens is 242 g/mol. The van der Waals surface area contributed by atoms with Gasteiger partial charge in [-0.25, -0.2) is 0 Å². The van der Waals surface area contributed by atoms with Crippen LogP contribution in [0.3, 0.4) is 0 Å². The van der Waals surface area contributed by atoms with Crippen LogP contribution in [0, 0.1) is 11.3 Å². The van der Waals surface area contributed by atoms with Crippen LogP contribution in [-0.4, -0.2) is 23.2 Å². The number of nitrogens with zero attached hydrogens (tertiary/aromatic N) is 1. The lowest BCUT2D eigenvalue weighted by molar-refractivity contribution is -0.114. The highest BCUT2D eigenvalue weighted by Crippen LogP contribution is 2.15. The summed E-state index contributed by atoms with van der Waals surface area (Å²) in [4.78, 5) is 10.8. The summed E-state index contributed by atoms with van der Waals surface area (Å²) in [5, 5.41) is 21.7. The van der Waals surface area contributed by atoms with Gasteiger partial charge in [0.2, 0.25) is 5.91 Å². The Bertz CT molecular complexity index is 437. The second-order valence-electron chi connectivity index (χ2n) is 4.37. The standard InChI is InChI=1S/C11H16N2O.C3H5NO/c1-8(2)12-10-5-4-6-11(7-10)13-9(3)14;1-3(5)2-4/h4-8,12H,1-3H3,(H,13,14);3,5H,1H3. The van der Waals surface area contributed by atoms with Gasteiger partial charge in [0.25, 0.3) is 0 Å². The van der Waals surface area contributed by atoms with Gasteiger partial charge in [0.05, 0.1) is 6.07 Å². The molecule has 1 aromatic rings. The number of rotatable bonds is 3. The molecule has 0 heterocycles. The number of nitrogens with one attached hydrogen (secondary N) is 2. The first-order chi connectivity index (χ1) is 8.85. The zero-order valence-electron chi connectivity index (χ0n) is 11.8. The van der Waals surface area contributed by atoms with Gasteiger partial charge in [-0.2, -0.15) is 5.26 Å². The molecule has 0 saturated carbocycles. The molecule has 0 bridgehead atoms. The number of benzene rings is 1. The third-order valence-corrected chi connectivity index (χ3v) is 1.83. The normalized spacial score (nSPS) is 10.8. The maximum Gasteiger partial charge on any atom is 0.221 e. The van der Waals surface area contributed by atoms with Crippen molar-refractivity contribution in [1.29, 1.82) is 5.26 Å². The van der Waals surface area contributed by atoms with Gasteiger partial charge in [0.1, 0.15) is 6.10 Å². The van der Waals surface area contributed by atoms with Crippen molar-refractivity contribution in [3.8, 4) is 6.07 Å². The third-order valence-electron chi connectivity index (χ3n) is 1.83. The highest BCUT2D eigenvalue weighted by atomic mass is 16.3. The van der Waals surface area contributed by atoms with Crippen molar-refractivity contribution in [3.05, 3.63) is 24.3 Å². The summed E-state index contributed by atoms with van der Waals surface area (Å²) < 4.78 is 0. The number of carbonyl (C=O) groups is 1. The molecule has 3 N–H and O–H groups in total. The van der Waals surface area contributed by atoms with Crippen LogP contribution in [0.15, 0.2) is 24.3 Å². The fourth-order valence-corrected chi connectivity index (χ4v) is 1.22. The number of hydrogen-bond acceptors (Lipinski definition) is 4. The SMILES string of the molecule is CC(=O)Nc1cccc(NC(C)C)c1.CC(O)C#N. The van der Waals surface area contributed by atoms with Gasteiger partial charge in [-0.15, -0.1) is 0 Å². The van der Waals surface area contributed by atoms with Crippen LogP contribution in [0.2, 0.25) is 0 Å². The minimum atomic E-state index is -0.810. The molecule has 0 aliphatic rings. The van der Waals surface area contributed by atoms with Crippen molar-refractivity contribution in [1.82, 2.24) is 0 Å². The van der Waals surface area contributed by atoms with Gasteiger partial charge in [0.15, 0.2) is 0 Å². The summed E-state index contributed by atoms with van der Waals surface area (Å²) in [5.41, 5.74) is 1.84. The zero-order chi connectivity index (χ0) is 14.8. The Kier molecular flexibility index (Phi) is 7.98. The van der Waals surface area contributed by atoms with Gasteiger partial charge in [-0.3, -0.25) is 4.79 Å². The molecule has 0 radical (unpaired) electrons. The fourth-order valence-electron chi connectivity index (χ4n) is 1.22. The van der Waals surface area contributed by atoms with E-state index in [0.29, 0.717) is 6.04 Å². The van der Waals surface area contributed by atoms with Crippen LogP contribution in [0.5, 0.6) is 0 Å². The molecule has 1 rings (SSSR count). The molecule has 0 aromatic heterocycles. The fraction of sp³-hybridized carbons (Fsp3) is 0.429. The molecule has 5 heteroatoms. The zero-order valence-corrected chi connectivity index (χ0v) is 11.8. The average molecular weight is 263 g/mol. The summed E-state index contributed by atoms with van der Waals surface area (Å²) in [6, 6.07) is 9.65. The van der Waals surface area contributed by atoms with Crippen molar-refractivity contribution in [2.24, 2.45) is 0 Å². The number of amides is 1. The van der Waals surface area contributed by atoms with E-state index < -0.39 is 6.10 Å². The van der Waals surface area contributed by atoms with E-state index in [1.807, 2.05) is 24.3 Å². The largest absolute Gasteiger partial charge is 0.383 e. The van der Waals surface area contributed by atoms with Crippen molar-refractivity contribution >= 4 is 17.3 Å². The number of carbonyl (C=O) groups excluding carboxylic acids is 1. The van der Waals surface area contributed by atoms with Crippen molar-refractivity contribution in [2.45, 2.75) is 39.8 Å². The molecule has 0 aliphatic carbocycles. The van der Waals surface area contributed by atoms with E-state index in [-0.39, 0.29) is 5.91 Å². The summed E-state index contributed by atoms with van der Waals surface area (Å²) in [7, 11) is 0. The molecular formula is C14H21N3O2. The van der Waals surface area contributed by atoms with Crippen LogP contribution < -0.4 is 10.6 Å². The van der Waals surface area contributed by atoms with E-state index in [9.17, 15) is 4.79 Å². The van der Waals surface area contributed by atoms with Crippen LogP contribution in [0.4, 0.5) is 11.4 Å². The summed E-state index contributed by atoms with van der Waals surface area (Å²) in [6.07, 6.45) is -0.810. The number of anilines is 2. The molecule has 1 atom stereocenters. The van der Waals surface area contributed by atoms with Gasteiger partial charge < -0.3 is 15.7 Å². The van der Waals surface area contributed by atoms with Gasteiger partial charge in [-0.05, 0) is 39.0 Å². The van der Waals surface area contributed by atoms with E-state index in [1.54, 1.807) is 6.07 Å². The first-order valence-corrected chi connectivity index (χ1v) is 6.07. The maximum atomic E-state index is 10.8. The molecule has 5 nitrogen and oxygen atoms in total. The second-order valence-corrected chi connectivity index (χ2v) is 4.37. The van der Waals surface area contributed by atoms with Crippen molar-refractivity contribution < 1.29 is 9.90 Å². The predicted molar refractivity (Wildman–Crippen MR) is 76.8 cm³/mol. The van der Waals surface area contributed by atoms with E-state index in [1.165, 1.54) is 13.8 Å². The highest BCUT2D eigenvalue weighted by Gasteiger charge is 1.98. The monoisotopic (exact) mass is 263 g/mol. The summed E-state index contributed by atoms with van der Waals surface area (Å²) in [5.74, 6) is -0.0494. The number of aliphatic hydroxyl groups is 1. The Labute approximate surface area is 114 Å². The predicted octanol–water partition coefficient (Wildman–Crippen LogP) is 2.36. The molecule has 0 aliphatic heterocycles. The number of aliphatic hydroxyl groups excluding tert-OH is 1. The Hall–Kier alpha value is -2.06. The first kappa shape index (κ1) is 16.9. The Balaban J connectivity index is 0.000000555. The molecule has 0 saturated heterocycles. The van der Waals surface area contributed by atoms with Crippen molar-refractivity contribution in [3.63, 3.8) is 0 Å². The van der Waals surface area contributed by atoms with E-state index in [4.69, 9.17) is 10.4 Å². The van der Waals surface area contributed by atoms with Crippen molar-refractivity contribution in [2.75, 3.05) is 10.6 Å². The van der Waals surface area contributed by atoms with Gasteiger partial charge in [0, 0.05) is 24.3 Å². The van der Waals surface area contributed by atoms with Crippen LogP contribution in [-0.2, 0) is 4.79 Å². The second kappa shape index (κ2) is 8.95. The molecule has 0 spiro atoms. The lowest BCUT2D eigenvalue weighted by atomic mass is 10.2. The molecule has 1 unspecified atom stereocenters. The van der Waals surface area contributed by atoms with Crippen LogP contribution >= 0.6 is 0 Å². The topological polar surface area (TPSA) is 85.2 Å². The minimum Gasteiger partial charge on any atom is -0.383 e. The lowest BCUT2D eigenvalue weighted by Gasteiger charge is -2.11. The lowest BCUT2D eigenvalue weighted by Crippen LogP contribution is -2.10. The minimum absolute atomic E-state index is 0.0494. The number of nitriles is 1. The first-order valence-electron chi connectivity index (χ1n) is 6.07. The molecule has 1 aromatic carbocycles. The Morgan fingerprint density at radius 1 is 1.32 bits per heavy atom. The van der Waals surface area contributed by atoms with E-state index >= 15 is 0 Å². The molecule has 19 heavy (non-hydrogen) atoms. The highest BCUT2D eigenvalue weighted by molar-refractivity contribution is 5.89. The molecule has 1 amide bonds. The van der Waals surface area contributed by atoms with Crippen LogP contribution in [0.25, 0.3) is 0 Å². The van der Waals surface area contributed by atoms with Gasteiger partial charge >= 0.3 is 0 Å². The maximum absolute atomic E-state index is 10.8. The van der Waals surface area contributed by atoms with E-state index in [0.717, 1.165) is 11.4 Å². The van der Waals surface area contributed by atoms with Gasteiger partial charge in [-0.1, -0.05) is 6.07 Å². The summed E-state index contributed by atoms with van der Waals surface area (Å²) >= 11 is 0. The Morgan fingerprint density at radius 3 is 2.26 bits per heavy atom. The molecule has 104 valence electrons. The number of hydrogen-bond donors (Lipinski definition) is 3. The molecule has 0 fully saturated rings. The smallest absolute Gasteiger partial charge is 0.221 e. The third kappa shape index (κ3) is 9.62. The Morgan fingerprint density at radius 2 is 1.84 bits per heavy atom. The van der Waals surface area contributed by atoms with Crippen LogP contribution in [0.1, 0.15) is 27.7 Å². The van der Waals surface area contributed by atoms with E-state index in [2.05, 4.69) is 24.5 Å². The quantitative estimate of drug-likeness (QED) is 0.731.